The molecule has 0 saturated carbocycles. The number of rotatable bonds is 5. The fourth-order valence-electron chi connectivity index (χ4n) is 2.61. The van der Waals surface area contributed by atoms with Gasteiger partial charge in [-0.05, 0) is 23.0 Å². The number of hydrogen-bond acceptors (Lipinski definition) is 3. The summed E-state index contributed by atoms with van der Waals surface area (Å²) in [5, 5.41) is 0. The van der Waals surface area contributed by atoms with E-state index in [0.717, 1.165) is 11.1 Å². The maximum Gasteiger partial charge on any atom is 0.300 e. The first-order valence-electron chi connectivity index (χ1n) is 8.01. The molecular weight excluding hydrogens is 404 g/mol. The monoisotopic (exact) mass is 422 g/mol. The Morgan fingerprint density at radius 2 is 1.22 bits per heavy atom. The smallest absolute Gasteiger partial charge is 0.282 e. The van der Waals surface area contributed by atoms with Crippen LogP contribution in [0, 0.1) is 23.3 Å². The van der Waals surface area contributed by atoms with Crippen LogP contribution in [0.2, 0.25) is 0 Å². The van der Waals surface area contributed by atoms with Gasteiger partial charge >= 0.3 is 10.1 Å². The number of hydrogen-bond donors (Lipinski definition) is 1. The van der Waals surface area contributed by atoms with Gasteiger partial charge in [0, 0.05) is 4.90 Å². The largest absolute Gasteiger partial charge is 0.300 e. The average Bonchev–Trinajstić information content (AvgIpc) is 2.55. The molecule has 1 N–H and O–H groups in total. The Bertz CT molecular complexity index is 931. The highest BCUT2D eigenvalue weighted by Crippen LogP contribution is 2.43. The molecule has 0 amide bonds. The van der Waals surface area contributed by atoms with E-state index in [4.69, 9.17) is 4.55 Å². The molecule has 0 aliphatic rings. The van der Waals surface area contributed by atoms with E-state index in [-0.39, 0.29) is 11.8 Å². The van der Waals surface area contributed by atoms with Crippen LogP contribution >= 0.6 is 11.8 Å². The third-order valence-corrected chi connectivity index (χ3v) is 6.08. The summed E-state index contributed by atoms with van der Waals surface area (Å²) in [5.74, 6) is -8.15. The van der Waals surface area contributed by atoms with Gasteiger partial charge in [0.1, 0.15) is 0 Å². The van der Waals surface area contributed by atoms with E-state index >= 15 is 0 Å². The summed E-state index contributed by atoms with van der Waals surface area (Å²) in [6, 6.07) is 5.27. The van der Waals surface area contributed by atoms with Gasteiger partial charge in [-0.1, -0.05) is 57.7 Å². The average molecular weight is 422 g/mol. The summed E-state index contributed by atoms with van der Waals surface area (Å²) in [5.41, 5.74) is 1.45. The Kier molecular flexibility index (Phi) is 6.28. The summed E-state index contributed by atoms with van der Waals surface area (Å²) in [7, 11) is -5.48. The highest BCUT2D eigenvalue weighted by atomic mass is 32.2. The van der Waals surface area contributed by atoms with Crippen molar-refractivity contribution in [3.63, 3.8) is 0 Å². The van der Waals surface area contributed by atoms with E-state index in [2.05, 4.69) is 0 Å². The fraction of sp³-hybridized carbons (Fsp3) is 0.333. The van der Waals surface area contributed by atoms with Crippen molar-refractivity contribution < 1.29 is 30.5 Å². The molecule has 0 radical (unpaired) electrons. The molecule has 27 heavy (non-hydrogen) atoms. The molecule has 0 atom stereocenters. The second kappa shape index (κ2) is 7.81. The molecular formula is C18H18F4O3S2. The summed E-state index contributed by atoms with van der Waals surface area (Å²) in [6.07, 6.45) is 0. The van der Waals surface area contributed by atoms with E-state index in [9.17, 15) is 26.0 Å². The molecule has 2 aromatic rings. The normalized spacial score (nSPS) is 12.3. The maximum atomic E-state index is 14.4. The van der Waals surface area contributed by atoms with Crippen molar-refractivity contribution in [1.29, 1.82) is 0 Å². The third-order valence-electron chi connectivity index (χ3n) is 3.96. The van der Waals surface area contributed by atoms with Crippen LogP contribution in [-0.2, 0) is 10.1 Å². The van der Waals surface area contributed by atoms with Gasteiger partial charge in [0.25, 0.3) is 0 Å². The highest BCUT2D eigenvalue weighted by Gasteiger charge is 2.33. The lowest BCUT2D eigenvalue weighted by molar-refractivity contribution is 0.384. The molecule has 2 rings (SSSR count). The van der Waals surface area contributed by atoms with Crippen molar-refractivity contribution in [2.75, 3.05) is 0 Å². The topological polar surface area (TPSA) is 54.4 Å². The van der Waals surface area contributed by atoms with Crippen LogP contribution in [0.3, 0.4) is 0 Å². The zero-order valence-electron chi connectivity index (χ0n) is 15.0. The van der Waals surface area contributed by atoms with Crippen molar-refractivity contribution in [3.8, 4) is 0 Å². The second-order valence-electron chi connectivity index (χ2n) is 6.57. The summed E-state index contributed by atoms with van der Waals surface area (Å²) in [6.45, 7) is 7.44. The Morgan fingerprint density at radius 1 is 0.815 bits per heavy atom. The van der Waals surface area contributed by atoms with Gasteiger partial charge in [0.2, 0.25) is 0 Å². The van der Waals surface area contributed by atoms with E-state index in [1.807, 2.05) is 27.7 Å². The SMILES string of the molecule is CC(C)c1cccc(C(C)C)c1Sc1c(F)c(F)c(S(=O)(=O)O)c(F)c1F. The van der Waals surface area contributed by atoms with Crippen LogP contribution in [0.5, 0.6) is 0 Å². The number of benzene rings is 2. The van der Waals surface area contributed by atoms with Crippen LogP contribution in [0.4, 0.5) is 17.6 Å². The van der Waals surface area contributed by atoms with E-state index in [1.165, 1.54) is 0 Å². The minimum absolute atomic E-state index is 0.0379. The van der Waals surface area contributed by atoms with Crippen LogP contribution in [0.25, 0.3) is 0 Å². The molecule has 148 valence electrons. The molecule has 0 aliphatic carbocycles. The van der Waals surface area contributed by atoms with E-state index < -0.39 is 43.2 Å². The van der Waals surface area contributed by atoms with Crippen molar-refractivity contribution in [3.05, 3.63) is 52.6 Å². The molecule has 0 heterocycles. The molecule has 0 aliphatic heterocycles. The molecule has 0 spiro atoms. The highest BCUT2D eigenvalue weighted by molar-refractivity contribution is 7.99. The van der Waals surface area contributed by atoms with Crippen LogP contribution in [0.1, 0.15) is 50.7 Å². The molecule has 9 heteroatoms. The van der Waals surface area contributed by atoms with Gasteiger partial charge in [-0.25, -0.2) is 17.6 Å². The van der Waals surface area contributed by atoms with Crippen molar-refractivity contribution in [1.82, 2.24) is 0 Å². The first-order valence-corrected chi connectivity index (χ1v) is 10.3. The zero-order chi connectivity index (χ0) is 20.7. The van der Waals surface area contributed by atoms with Crippen molar-refractivity contribution in [2.24, 2.45) is 0 Å². The third kappa shape index (κ3) is 4.14. The lowest BCUT2D eigenvalue weighted by atomic mass is 9.95. The Labute approximate surface area is 159 Å². The standard InChI is InChI=1S/C18H18F4O3S2/c1-8(2)10-6-5-7-11(9(3)4)16(10)26-17-12(19)14(21)18(27(23,24)25)15(22)13(17)20/h5-9H,1-4H3,(H,23,24,25). The second-order valence-corrected chi connectivity index (χ2v) is 8.95. The quantitative estimate of drug-likeness (QED) is 0.371. The Balaban J connectivity index is 2.77. The molecule has 3 nitrogen and oxygen atoms in total. The lowest BCUT2D eigenvalue weighted by Gasteiger charge is -2.20. The fourth-order valence-corrected chi connectivity index (χ4v) is 4.65. The van der Waals surface area contributed by atoms with Gasteiger partial charge in [0.05, 0.1) is 4.90 Å². The Hall–Kier alpha value is -1.58. The van der Waals surface area contributed by atoms with Crippen LogP contribution in [0.15, 0.2) is 32.9 Å². The van der Waals surface area contributed by atoms with Crippen molar-refractivity contribution >= 4 is 21.9 Å². The molecule has 0 bridgehead atoms. The van der Waals surface area contributed by atoms with E-state index in [1.54, 1.807) is 18.2 Å². The van der Waals surface area contributed by atoms with Crippen LogP contribution < -0.4 is 0 Å². The first-order chi connectivity index (χ1) is 12.4. The molecule has 0 saturated heterocycles. The minimum Gasteiger partial charge on any atom is -0.282 e. The van der Waals surface area contributed by atoms with E-state index in [0.29, 0.717) is 16.7 Å². The molecule has 2 aromatic carbocycles. The summed E-state index contributed by atoms with van der Waals surface area (Å²) in [4.78, 5) is -2.60. The molecule has 0 fully saturated rings. The van der Waals surface area contributed by atoms with Crippen molar-refractivity contribution in [2.45, 2.75) is 54.2 Å². The number of halogens is 4. The lowest BCUT2D eigenvalue weighted by Crippen LogP contribution is -2.11. The maximum absolute atomic E-state index is 14.4. The van der Waals surface area contributed by atoms with Crippen LogP contribution in [-0.4, -0.2) is 13.0 Å². The van der Waals surface area contributed by atoms with Gasteiger partial charge in [-0.3, -0.25) is 4.55 Å². The molecule has 0 aromatic heterocycles. The van der Waals surface area contributed by atoms with Gasteiger partial charge in [0.15, 0.2) is 28.2 Å². The van der Waals surface area contributed by atoms with Gasteiger partial charge in [-0.15, -0.1) is 0 Å². The zero-order valence-corrected chi connectivity index (χ0v) is 16.6. The van der Waals surface area contributed by atoms with Gasteiger partial charge in [-0.2, -0.15) is 8.42 Å². The minimum atomic E-state index is -5.48. The first kappa shape index (κ1) is 21.7. The predicted molar refractivity (Wildman–Crippen MR) is 94.8 cm³/mol. The molecule has 0 unspecified atom stereocenters. The Morgan fingerprint density at radius 3 is 1.56 bits per heavy atom. The summed E-state index contributed by atoms with van der Waals surface area (Å²) < 4.78 is 88.0. The van der Waals surface area contributed by atoms with Gasteiger partial charge < -0.3 is 0 Å². The summed E-state index contributed by atoms with van der Waals surface area (Å²) >= 11 is 0.492. The predicted octanol–water partition coefficient (Wildman–Crippen LogP) is 5.89.